The first-order valence-corrected chi connectivity index (χ1v) is 8.00. The predicted octanol–water partition coefficient (Wildman–Crippen LogP) is 3.55. The Morgan fingerprint density at radius 1 is 1.12 bits per heavy atom. The lowest BCUT2D eigenvalue weighted by molar-refractivity contribution is 0.0379. The fourth-order valence-electron chi connectivity index (χ4n) is 1.37. The fourth-order valence-corrected chi connectivity index (χ4v) is 1.37. The Labute approximate surface area is 144 Å². The van der Waals surface area contributed by atoms with Crippen LogP contribution in [0.25, 0.3) is 0 Å². The zero-order valence-electron chi connectivity index (χ0n) is 15.2. The standard InChI is InChI=1S/C17H29NO6/c1-6-8-9-14(7-2)23-16(20)22-13-12-21-11-10-18-15(19)24-17(3,4)5/h7-9H,6,10-13H2,1-5H3,(H,18,19)/b9-8-,14-7+. The number of ether oxygens (including phenoxy) is 4. The van der Waals surface area contributed by atoms with E-state index in [9.17, 15) is 9.59 Å². The largest absolute Gasteiger partial charge is 0.513 e. The molecular formula is C17H29NO6. The van der Waals surface area contributed by atoms with Crippen molar-refractivity contribution in [3.8, 4) is 0 Å². The maximum absolute atomic E-state index is 11.4. The Bertz CT molecular complexity index is 437. The van der Waals surface area contributed by atoms with Crippen LogP contribution in [0, 0.1) is 0 Å². The molecule has 1 N–H and O–H groups in total. The van der Waals surface area contributed by atoms with Crippen molar-refractivity contribution in [2.24, 2.45) is 0 Å². The van der Waals surface area contributed by atoms with Crippen LogP contribution in [0.15, 0.2) is 24.0 Å². The number of alkyl carbamates (subject to hydrolysis) is 1. The Hall–Kier alpha value is -2.02. The van der Waals surface area contributed by atoms with E-state index in [0.717, 1.165) is 6.42 Å². The molecule has 7 heteroatoms. The topological polar surface area (TPSA) is 83.1 Å². The van der Waals surface area contributed by atoms with E-state index < -0.39 is 17.8 Å². The van der Waals surface area contributed by atoms with Gasteiger partial charge in [-0.1, -0.05) is 13.0 Å². The van der Waals surface area contributed by atoms with Crippen molar-refractivity contribution in [3.63, 3.8) is 0 Å². The summed E-state index contributed by atoms with van der Waals surface area (Å²) in [5.41, 5.74) is -0.531. The van der Waals surface area contributed by atoms with Crippen LogP contribution in [0.2, 0.25) is 0 Å². The fraction of sp³-hybridized carbons (Fsp3) is 0.647. The highest BCUT2D eigenvalue weighted by Gasteiger charge is 2.15. The minimum Gasteiger partial charge on any atom is -0.444 e. The second-order valence-electron chi connectivity index (χ2n) is 5.74. The minimum atomic E-state index is -0.778. The summed E-state index contributed by atoms with van der Waals surface area (Å²) in [6, 6.07) is 0. The summed E-state index contributed by atoms with van der Waals surface area (Å²) >= 11 is 0. The van der Waals surface area contributed by atoms with Crippen LogP contribution in [-0.4, -0.2) is 44.2 Å². The average molecular weight is 343 g/mol. The van der Waals surface area contributed by atoms with E-state index in [1.807, 2.05) is 13.0 Å². The number of carbonyl (C=O) groups excluding carboxylic acids is 2. The Kier molecular flexibility index (Phi) is 11.4. The van der Waals surface area contributed by atoms with Gasteiger partial charge in [0.2, 0.25) is 0 Å². The average Bonchev–Trinajstić information content (AvgIpc) is 2.48. The molecule has 7 nitrogen and oxygen atoms in total. The summed E-state index contributed by atoms with van der Waals surface area (Å²) in [6.07, 6.45) is 4.83. The third-order valence-corrected chi connectivity index (χ3v) is 2.37. The summed E-state index contributed by atoms with van der Waals surface area (Å²) in [5.74, 6) is 0.435. The van der Waals surface area contributed by atoms with Gasteiger partial charge in [-0.05, 0) is 46.3 Å². The lowest BCUT2D eigenvalue weighted by Gasteiger charge is -2.19. The van der Waals surface area contributed by atoms with Crippen LogP contribution in [-0.2, 0) is 18.9 Å². The number of hydrogen-bond acceptors (Lipinski definition) is 6. The Morgan fingerprint density at radius 3 is 2.42 bits per heavy atom. The maximum Gasteiger partial charge on any atom is 0.513 e. The molecular weight excluding hydrogens is 314 g/mol. The Balaban J connectivity index is 3.68. The molecule has 24 heavy (non-hydrogen) atoms. The molecule has 0 aromatic carbocycles. The van der Waals surface area contributed by atoms with E-state index in [4.69, 9.17) is 18.9 Å². The van der Waals surface area contributed by atoms with Crippen LogP contribution >= 0.6 is 0 Å². The van der Waals surface area contributed by atoms with Crippen molar-refractivity contribution < 1.29 is 28.5 Å². The van der Waals surface area contributed by atoms with Crippen LogP contribution in [0.1, 0.15) is 41.0 Å². The monoisotopic (exact) mass is 343 g/mol. The maximum atomic E-state index is 11.4. The normalized spacial score (nSPS) is 12.1. The molecule has 0 fully saturated rings. The second-order valence-corrected chi connectivity index (χ2v) is 5.74. The van der Waals surface area contributed by atoms with Crippen molar-refractivity contribution in [1.82, 2.24) is 5.32 Å². The number of rotatable bonds is 9. The third kappa shape index (κ3) is 13.6. The van der Waals surface area contributed by atoms with E-state index >= 15 is 0 Å². The Morgan fingerprint density at radius 2 is 1.83 bits per heavy atom. The van der Waals surface area contributed by atoms with Crippen LogP contribution < -0.4 is 5.32 Å². The van der Waals surface area contributed by atoms with E-state index in [1.54, 1.807) is 39.8 Å². The summed E-state index contributed by atoms with van der Waals surface area (Å²) in [5, 5.41) is 2.56. The van der Waals surface area contributed by atoms with Gasteiger partial charge in [-0.15, -0.1) is 0 Å². The second kappa shape index (κ2) is 12.4. The number of carbonyl (C=O) groups is 2. The molecule has 0 aliphatic rings. The van der Waals surface area contributed by atoms with Crippen molar-refractivity contribution in [2.75, 3.05) is 26.4 Å². The summed E-state index contributed by atoms with van der Waals surface area (Å²) in [7, 11) is 0. The summed E-state index contributed by atoms with van der Waals surface area (Å²) < 4.78 is 20.2. The summed E-state index contributed by atoms with van der Waals surface area (Å²) in [6.45, 7) is 9.99. The highest BCUT2D eigenvalue weighted by molar-refractivity contribution is 5.67. The van der Waals surface area contributed by atoms with Gasteiger partial charge in [0.1, 0.15) is 18.0 Å². The predicted molar refractivity (Wildman–Crippen MR) is 90.7 cm³/mol. The highest BCUT2D eigenvalue weighted by Crippen LogP contribution is 2.06. The molecule has 0 unspecified atom stereocenters. The van der Waals surface area contributed by atoms with Gasteiger partial charge >= 0.3 is 12.2 Å². The van der Waals surface area contributed by atoms with E-state index in [0.29, 0.717) is 12.3 Å². The molecule has 0 heterocycles. The van der Waals surface area contributed by atoms with Gasteiger partial charge < -0.3 is 24.3 Å². The number of allylic oxidation sites excluding steroid dienone is 3. The molecule has 0 atom stereocenters. The van der Waals surface area contributed by atoms with Gasteiger partial charge in [0, 0.05) is 6.54 Å². The number of hydrogen-bond donors (Lipinski definition) is 1. The van der Waals surface area contributed by atoms with E-state index in [1.165, 1.54) is 0 Å². The molecule has 0 aromatic heterocycles. The van der Waals surface area contributed by atoms with E-state index in [-0.39, 0.29) is 19.8 Å². The smallest absolute Gasteiger partial charge is 0.444 e. The van der Waals surface area contributed by atoms with Gasteiger partial charge in [-0.2, -0.15) is 0 Å². The minimum absolute atomic E-state index is 0.0692. The van der Waals surface area contributed by atoms with Gasteiger partial charge in [0.15, 0.2) is 0 Å². The molecule has 0 saturated carbocycles. The van der Waals surface area contributed by atoms with Crippen molar-refractivity contribution >= 4 is 12.2 Å². The highest BCUT2D eigenvalue weighted by atomic mass is 16.7. The molecule has 0 rings (SSSR count). The van der Waals surface area contributed by atoms with Crippen LogP contribution in [0.4, 0.5) is 9.59 Å². The zero-order valence-corrected chi connectivity index (χ0v) is 15.2. The van der Waals surface area contributed by atoms with E-state index in [2.05, 4.69) is 5.32 Å². The number of amides is 1. The van der Waals surface area contributed by atoms with Crippen molar-refractivity contribution in [3.05, 3.63) is 24.0 Å². The van der Waals surface area contributed by atoms with Crippen molar-refractivity contribution in [1.29, 1.82) is 0 Å². The molecule has 0 saturated heterocycles. The SMILES string of the molecule is C/C=C(\C=C/CC)OC(=O)OCCOCCNC(=O)OC(C)(C)C. The van der Waals surface area contributed by atoms with Crippen LogP contribution in [0.3, 0.4) is 0 Å². The summed E-state index contributed by atoms with van der Waals surface area (Å²) in [4.78, 5) is 22.8. The third-order valence-electron chi connectivity index (χ3n) is 2.37. The van der Waals surface area contributed by atoms with Gasteiger partial charge in [-0.3, -0.25) is 0 Å². The lowest BCUT2D eigenvalue weighted by atomic mass is 10.2. The molecule has 0 bridgehead atoms. The molecule has 0 radical (unpaired) electrons. The van der Waals surface area contributed by atoms with Crippen LogP contribution in [0.5, 0.6) is 0 Å². The van der Waals surface area contributed by atoms with Gasteiger partial charge in [0.05, 0.1) is 13.2 Å². The zero-order chi connectivity index (χ0) is 18.4. The number of nitrogens with one attached hydrogen (secondary N) is 1. The first-order valence-electron chi connectivity index (χ1n) is 8.00. The first kappa shape index (κ1) is 22.0. The van der Waals surface area contributed by atoms with Gasteiger partial charge in [-0.25, -0.2) is 9.59 Å². The first-order chi connectivity index (χ1) is 11.3. The quantitative estimate of drug-likeness (QED) is 0.298. The molecule has 138 valence electrons. The van der Waals surface area contributed by atoms with Crippen molar-refractivity contribution in [2.45, 2.75) is 46.6 Å². The molecule has 0 aliphatic heterocycles. The molecule has 0 spiro atoms. The van der Waals surface area contributed by atoms with Gasteiger partial charge in [0.25, 0.3) is 0 Å². The molecule has 1 amide bonds. The molecule has 0 aliphatic carbocycles. The molecule has 0 aromatic rings. The lowest BCUT2D eigenvalue weighted by Crippen LogP contribution is -2.34.